The third-order valence-corrected chi connectivity index (χ3v) is 1.24. The van der Waals surface area contributed by atoms with Crippen LogP contribution in [0.2, 0.25) is 0 Å². The molecule has 1 heteroatoms. The van der Waals surface area contributed by atoms with Crippen molar-refractivity contribution in [3.8, 4) is 0 Å². The van der Waals surface area contributed by atoms with Gasteiger partial charge in [0.1, 0.15) is 0 Å². The van der Waals surface area contributed by atoms with Gasteiger partial charge in [-0.3, -0.25) is 0 Å². The van der Waals surface area contributed by atoms with E-state index in [-0.39, 0.29) is 4.47 Å². The first-order valence-electron chi connectivity index (χ1n) is 7.94. The standard InChI is InChI=1S/C9H11Br/c1-7(2)8-3-5-9(10)6-4-8/h3-7H,1-2H3/i1D3,2D3,3D,4D,5D,6D,7D. The summed E-state index contributed by atoms with van der Waals surface area (Å²) in [6.07, 6.45) is 0. The highest BCUT2D eigenvalue weighted by Crippen LogP contribution is 2.16. The molecule has 10 heavy (non-hydrogen) atoms. The van der Waals surface area contributed by atoms with Crippen molar-refractivity contribution in [3.63, 3.8) is 0 Å². The predicted molar refractivity (Wildman–Crippen MR) is 48.2 cm³/mol. The van der Waals surface area contributed by atoms with E-state index in [0.29, 0.717) is 0 Å². The van der Waals surface area contributed by atoms with E-state index in [9.17, 15) is 0 Å². The van der Waals surface area contributed by atoms with Gasteiger partial charge in [0.2, 0.25) is 0 Å². The summed E-state index contributed by atoms with van der Waals surface area (Å²) in [6.45, 7) is -6.73. The topological polar surface area (TPSA) is 0 Å². The van der Waals surface area contributed by atoms with Gasteiger partial charge in [0, 0.05) is 14.1 Å². The molecule has 0 saturated heterocycles. The zero-order valence-electron chi connectivity index (χ0n) is 15.9. The zero-order valence-corrected chi connectivity index (χ0v) is 6.46. The number of hydrogen-bond acceptors (Lipinski definition) is 0. The van der Waals surface area contributed by atoms with Crippen molar-refractivity contribution in [2.24, 2.45) is 0 Å². The van der Waals surface area contributed by atoms with Crippen LogP contribution in [0.1, 0.15) is 40.2 Å². The van der Waals surface area contributed by atoms with Gasteiger partial charge in [-0.05, 0) is 23.5 Å². The van der Waals surface area contributed by atoms with E-state index >= 15 is 0 Å². The van der Waals surface area contributed by atoms with Gasteiger partial charge in [-0.1, -0.05) is 41.7 Å². The molecule has 0 heterocycles. The Morgan fingerprint density at radius 1 is 1.50 bits per heavy atom. The molecule has 0 nitrogen and oxygen atoms in total. The fourth-order valence-electron chi connectivity index (χ4n) is 0.422. The van der Waals surface area contributed by atoms with E-state index in [4.69, 9.17) is 15.1 Å². The van der Waals surface area contributed by atoms with Gasteiger partial charge in [-0.15, -0.1) is 0 Å². The Hall–Kier alpha value is -0.300. The fourth-order valence-corrected chi connectivity index (χ4v) is 0.620. The van der Waals surface area contributed by atoms with Gasteiger partial charge in [0.05, 0.1) is 5.48 Å². The fraction of sp³-hybridized carbons (Fsp3) is 0.333. The van der Waals surface area contributed by atoms with E-state index in [1.807, 2.05) is 0 Å². The Morgan fingerprint density at radius 2 is 2.10 bits per heavy atom. The molecule has 1 aromatic rings. The third-order valence-electron chi connectivity index (χ3n) is 0.844. The molecule has 0 radical (unpaired) electrons. The molecule has 0 aliphatic heterocycles. The Balaban J connectivity index is 3.96. The van der Waals surface area contributed by atoms with Crippen molar-refractivity contribution in [2.45, 2.75) is 19.6 Å². The summed E-state index contributed by atoms with van der Waals surface area (Å²) in [5.74, 6) is -3.26. The maximum atomic E-state index is 7.96. The second-order valence-corrected chi connectivity index (χ2v) is 2.36. The second kappa shape index (κ2) is 3.20. The molecule has 0 aliphatic carbocycles. The summed E-state index contributed by atoms with van der Waals surface area (Å²) in [7, 11) is 0. The van der Waals surface area contributed by atoms with Crippen LogP contribution in [0.15, 0.2) is 28.6 Å². The average Bonchev–Trinajstić information content (AvgIpc) is 2.31. The van der Waals surface area contributed by atoms with Crippen LogP contribution in [-0.2, 0) is 0 Å². The van der Waals surface area contributed by atoms with Crippen LogP contribution in [0.5, 0.6) is 0 Å². The van der Waals surface area contributed by atoms with Crippen molar-refractivity contribution in [1.82, 2.24) is 0 Å². The molecule has 54 valence electrons. The summed E-state index contributed by atoms with van der Waals surface area (Å²) in [5.41, 5.74) is -0.958. The summed E-state index contributed by atoms with van der Waals surface area (Å²) < 4.78 is 82.6. The lowest BCUT2D eigenvalue weighted by Gasteiger charge is -2.03. The van der Waals surface area contributed by atoms with Crippen molar-refractivity contribution in [1.29, 1.82) is 0 Å². The Labute approximate surface area is 85.8 Å². The quantitative estimate of drug-likeness (QED) is 0.664. The Kier molecular flexibility index (Phi) is 0.548. The van der Waals surface area contributed by atoms with Crippen molar-refractivity contribution in [3.05, 3.63) is 34.2 Å². The smallest absolute Gasteiger partial charge is 0.0587 e. The molecule has 0 aliphatic rings. The molecule has 0 saturated carbocycles. The minimum Gasteiger partial charge on any atom is -0.0587 e. The van der Waals surface area contributed by atoms with Gasteiger partial charge in [0.25, 0.3) is 0 Å². The molecule has 0 fully saturated rings. The normalized spacial score (nSPS) is 29.9. The maximum Gasteiger partial charge on any atom is 0.0635 e. The van der Waals surface area contributed by atoms with Gasteiger partial charge >= 0.3 is 0 Å². The predicted octanol–water partition coefficient (Wildman–Crippen LogP) is 3.57. The second-order valence-electron chi connectivity index (χ2n) is 1.56. The first-order chi connectivity index (χ1) is 9.18. The lowest BCUT2D eigenvalue weighted by molar-refractivity contribution is 0.866. The number of hydrogen-bond donors (Lipinski definition) is 0. The molecule has 1 rings (SSSR count). The highest BCUT2D eigenvalue weighted by atomic mass is 79.9. The summed E-state index contributed by atoms with van der Waals surface area (Å²) in [5, 5.41) is 0. The number of rotatable bonds is 1. The molecular formula is C9H11Br. The average molecular weight is 210 g/mol. The maximum absolute atomic E-state index is 7.96. The van der Waals surface area contributed by atoms with E-state index in [1.165, 1.54) is 0 Å². The molecular weight excluding hydrogens is 188 g/mol. The van der Waals surface area contributed by atoms with Crippen LogP contribution < -0.4 is 0 Å². The van der Waals surface area contributed by atoms with Crippen molar-refractivity contribution < 1.29 is 15.1 Å². The van der Waals surface area contributed by atoms with Crippen molar-refractivity contribution in [2.75, 3.05) is 0 Å². The molecule has 0 aromatic heterocycles. The molecule has 0 spiro atoms. The first kappa shape index (κ1) is 1.71. The van der Waals surface area contributed by atoms with Crippen LogP contribution in [0.25, 0.3) is 0 Å². The van der Waals surface area contributed by atoms with E-state index in [1.54, 1.807) is 0 Å². The SMILES string of the molecule is [2H]c1c([2H])c(C([2H])(C([2H])([2H])[2H])C([2H])([2H])[2H])c([2H])c([2H])c1Br. The molecule has 1 aromatic carbocycles. The molecule has 0 N–H and O–H groups in total. The first-order valence-corrected chi connectivity index (χ1v) is 3.23. The lowest BCUT2D eigenvalue weighted by Crippen LogP contribution is -1.84. The van der Waals surface area contributed by atoms with E-state index < -0.39 is 49.3 Å². The minimum atomic E-state index is -3.36. The summed E-state index contributed by atoms with van der Waals surface area (Å²) in [4.78, 5) is 0. The molecule has 0 amide bonds. The van der Waals surface area contributed by atoms with Crippen LogP contribution in [0.3, 0.4) is 0 Å². The molecule has 0 atom stereocenters. The van der Waals surface area contributed by atoms with Crippen LogP contribution in [-0.4, -0.2) is 0 Å². The Morgan fingerprint density at radius 3 is 2.60 bits per heavy atom. The lowest BCUT2D eigenvalue weighted by atomic mass is 10.0. The highest BCUT2D eigenvalue weighted by Gasteiger charge is 1.95. The van der Waals surface area contributed by atoms with Gasteiger partial charge < -0.3 is 0 Å². The van der Waals surface area contributed by atoms with Crippen LogP contribution >= 0.6 is 15.9 Å². The minimum absolute atomic E-state index is 0.223. The number of halogens is 1. The molecule has 0 unspecified atom stereocenters. The monoisotopic (exact) mass is 209 g/mol. The third kappa shape index (κ3) is 1.84. The van der Waals surface area contributed by atoms with Crippen LogP contribution in [0, 0.1) is 0 Å². The van der Waals surface area contributed by atoms with Gasteiger partial charge in [-0.2, -0.15) is 0 Å². The largest absolute Gasteiger partial charge is 0.0635 e. The molecule has 0 bridgehead atoms. The summed E-state index contributed by atoms with van der Waals surface area (Å²) in [6, 6.07) is -2.97. The van der Waals surface area contributed by atoms with Gasteiger partial charge in [-0.25, -0.2) is 0 Å². The van der Waals surface area contributed by atoms with E-state index in [0.717, 1.165) is 0 Å². The highest BCUT2D eigenvalue weighted by molar-refractivity contribution is 9.10. The Bertz CT molecular complexity index is 528. The van der Waals surface area contributed by atoms with Gasteiger partial charge in [0.15, 0.2) is 0 Å². The van der Waals surface area contributed by atoms with Crippen molar-refractivity contribution >= 4 is 15.9 Å². The van der Waals surface area contributed by atoms with E-state index in [2.05, 4.69) is 15.9 Å². The summed E-state index contributed by atoms with van der Waals surface area (Å²) >= 11 is 2.83. The number of benzene rings is 1. The zero-order chi connectivity index (χ0) is 17.0. The van der Waals surface area contributed by atoms with Crippen LogP contribution in [0.4, 0.5) is 0 Å².